The highest BCUT2D eigenvalue weighted by Crippen LogP contribution is 2.34. The van der Waals surface area contributed by atoms with Crippen LogP contribution in [0.1, 0.15) is 43.6 Å². The maximum atomic E-state index is 12.9. The average molecular weight is 531 g/mol. The van der Waals surface area contributed by atoms with E-state index in [1.807, 2.05) is 0 Å². The van der Waals surface area contributed by atoms with Crippen LogP contribution < -0.4 is 10.1 Å². The van der Waals surface area contributed by atoms with E-state index >= 15 is 0 Å². The Bertz CT molecular complexity index is 1340. The maximum absolute atomic E-state index is 12.9. The van der Waals surface area contributed by atoms with E-state index in [0.29, 0.717) is 22.1 Å². The molecule has 38 heavy (non-hydrogen) atoms. The number of aliphatic hydroxyl groups is 1. The molecule has 202 valence electrons. The van der Waals surface area contributed by atoms with E-state index in [2.05, 4.69) is 5.32 Å². The lowest BCUT2D eigenvalue weighted by Crippen LogP contribution is -2.71. The minimum atomic E-state index is -4.43. The zero-order valence-electron chi connectivity index (χ0n) is 21.4. The Labute approximate surface area is 218 Å². The Morgan fingerprint density at radius 3 is 2.29 bits per heavy atom. The molecule has 1 unspecified atom stereocenters. The minimum Gasteiger partial charge on any atom is -0.457 e. The first-order valence-electron chi connectivity index (χ1n) is 12.0. The molecule has 0 bridgehead atoms. The SMILES string of the molecule is CC(NC(=O)c1ccc2c(Oc3ccc(C(F)(F)F)cc3)cccc2c1)C1(O)CN(C(=O)OC(C)(C)C)C1. The van der Waals surface area contributed by atoms with E-state index in [0.717, 1.165) is 12.1 Å². The van der Waals surface area contributed by atoms with Gasteiger partial charge < -0.3 is 24.8 Å². The normalized spacial score (nSPS) is 15.9. The van der Waals surface area contributed by atoms with Crippen LogP contribution in [0, 0.1) is 0 Å². The fourth-order valence-corrected chi connectivity index (χ4v) is 4.08. The zero-order chi connectivity index (χ0) is 27.9. The first-order chi connectivity index (χ1) is 17.6. The summed E-state index contributed by atoms with van der Waals surface area (Å²) < 4.78 is 49.6. The van der Waals surface area contributed by atoms with Crippen LogP contribution in [0.2, 0.25) is 0 Å². The van der Waals surface area contributed by atoms with Crippen molar-refractivity contribution < 1.29 is 37.3 Å². The van der Waals surface area contributed by atoms with E-state index in [4.69, 9.17) is 9.47 Å². The molecule has 10 heteroatoms. The van der Waals surface area contributed by atoms with Gasteiger partial charge in [-0.05, 0) is 81.6 Å². The summed E-state index contributed by atoms with van der Waals surface area (Å²) in [4.78, 5) is 26.5. The third kappa shape index (κ3) is 6.02. The summed E-state index contributed by atoms with van der Waals surface area (Å²) in [7, 11) is 0. The van der Waals surface area contributed by atoms with Crippen molar-refractivity contribution in [3.05, 3.63) is 71.8 Å². The fraction of sp³-hybridized carbons (Fsp3) is 0.357. The third-order valence-electron chi connectivity index (χ3n) is 6.25. The van der Waals surface area contributed by atoms with Crippen LogP contribution in [-0.2, 0) is 10.9 Å². The van der Waals surface area contributed by atoms with Gasteiger partial charge in [0.15, 0.2) is 0 Å². The van der Waals surface area contributed by atoms with Crippen LogP contribution in [0.15, 0.2) is 60.7 Å². The Morgan fingerprint density at radius 1 is 1.03 bits per heavy atom. The lowest BCUT2D eigenvalue weighted by molar-refractivity contribution is -0.137. The molecular weight excluding hydrogens is 501 g/mol. The second kappa shape index (κ2) is 9.83. The number of carbonyl (C=O) groups is 2. The molecule has 0 spiro atoms. The second-order valence-electron chi connectivity index (χ2n) is 10.5. The number of β-amino-alcohol motifs (C(OH)–C–C–N with tert-alkyl or cyclic N) is 1. The number of carbonyl (C=O) groups excluding carboxylic acids is 2. The van der Waals surface area contributed by atoms with Gasteiger partial charge in [0, 0.05) is 10.9 Å². The van der Waals surface area contributed by atoms with Crippen LogP contribution in [0.5, 0.6) is 11.5 Å². The zero-order valence-corrected chi connectivity index (χ0v) is 21.4. The molecule has 1 aliphatic rings. The molecule has 4 rings (SSSR count). The molecule has 2 N–H and O–H groups in total. The number of alkyl halides is 3. The molecular formula is C28H29F3N2O5. The van der Waals surface area contributed by atoms with Crippen molar-refractivity contribution >= 4 is 22.8 Å². The molecule has 0 radical (unpaired) electrons. The number of fused-ring (bicyclic) bond motifs is 1. The topological polar surface area (TPSA) is 88.1 Å². The fourth-order valence-electron chi connectivity index (χ4n) is 4.08. The minimum absolute atomic E-state index is 0.0335. The van der Waals surface area contributed by atoms with Gasteiger partial charge in [-0.1, -0.05) is 12.1 Å². The van der Waals surface area contributed by atoms with Crippen molar-refractivity contribution in [3.8, 4) is 11.5 Å². The third-order valence-corrected chi connectivity index (χ3v) is 6.25. The predicted octanol–water partition coefficient (Wildman–Crippen LogP) is 5.75. The predicted molar refractivity (Wildman–Crippen MR) is 135 cm³/mol. The summed E-state index contributed by atoms with van der Waals surface area (Å²) in [6.07, 6.45) is -4.96. The van der Waals surface area contributed by atoms with Gasteiger partial charge in [-0.2, -0.15) is 13.2 Å². The van der Waals surface area contributed by atoms with Crippen LogP contribution in [-0.4, -0.2) is 52.3 Å². The number of benzene rings is 3. The number of hydrogen-bond donors (Lipinski definition) is 2. The highest BCUT2D eigenvalue weighted by molar-refractivity contribution is 6.00. The van der Waals surface area contributed by atoms with E-state index in [1.165, 1.54) is 17.0 Å². The summed E-state index contributed by atoms with van der Waals surface area (Å²) in [6.45, 7) is 7.01. The summed E-state index contributed by atoms with van der Waals surface area (Å²) >= 11 is 0. The van der Waals surface area contributed by atoms with Crippen molar-refractivity contribution in [2.45, 2.75) is 51.1 Å². The highest BCUT2D eigenvalue weighted by Gasteiger charge is 2.49. The largest absolute Gasteiger partial charge is 0.457 e. The Balaban J connectivity index is 1.42. The van der Waals surface area contributed by atoms with Crippen molar-refractivity contribution in [2.24, 2.45) is 0 Å². The van der Waals surface area contributed by atoms with Gasteiger partial charge in [0.05, 0.1) is 24.7 Å². The first kappa shape index (κ1) is 27.3. The number of nitrogens with one attached hydrogen (secondary N) is 1. The van der Waals surface area contributed by atoms with Crippen molar-refractivity contribution in [3.63, 3.8) is 0 Å². The smallest absolute Gasteiger partial charge is 0.416 e. The van der Waals surface area contributed by atoms with E-state index in [-0.39, 0.29) is 18.8 Å². The molecule has 7 nitrogen and oxygen atoms in total. The number of hydrogen-bond acceptors (Lipinski definition) is 5. The molecule has 1 aliphatic heterocycles. The maximum Gasteiger partial charge on any atom is 0.416 e. The average Bonchev–Trinajstić information content (AvgIpc) is 2.80. The molecule has 0 aliphatic carbocycles. The summed E-state index contributed by atoms with van der Waals surface area (Å²) in [5.41, 5.74) is -2.35. The summed E-state index contributed by atoms with van der Waals surface area (Å²) in [5, 5.41) is 15.0. The molecule has 1 fully saturated rings. The van der Waals surface area contributed by atoms with E-state index < -0.39 is 41.0 Å². The van der Waals surface area contributed by atoms with E-state index in [9.17, 15) is 27.9 Å². The molecule has 2 amide bonds. The number of ether oxygens (including phenoxy) is 2. The molecule has 1 atom stereocenters. The molecule has 1 saturated heterocycles. The van der Waals surface area contributed by atoms with Gasteiger partial charge in [0.2, 0.25) is 0 Å². The molecule has 0 aromatic heterocycles. The van der Waals surface area contributed by atoms with Crippen LogP contribution in [0.3, 0.4) is 0 Å². The highest BCUT2D eigenvalue weighted by atomic mass is 19.4. The van der Waals surface area contributed by atoms with Crippen molar-refractivity contribution in [2.75, 3.05) is 13.1 Å². The number of halogens is 3. The summed E-state index contributed by atoms with van der Waals surface area (Å²) in [6, 6.07) is 13.9. The van der Waals surface area contributed by atoms with Gasteiger partial charge in [0.1, 0.15) is 22.7 Å². The second-order valence-corrected chi connectivity index (χ2v) is 10.5. The number of rotatable bonds is 5. The number of likely N-dealkylation sites (tertiary alicyclic amines) is 1. The van der Waals surface area contributed by atoms with Crippen LogP contribution in [0.4, 0.5) is 18.0 Å². The lowest BCUT2D eigenvalue weighted by atomic mass is 9.87. The van der Waals surface area contributed by atoms with Crippen molar-refractivity contribution in [1.82, 2.24) is 10.2 Å². The standard InChI is InChI=1S/C28H29F3N2O5/c1-17(27(36)15-33(16-27)25(35)38-26(2,3)4)32-24(34)19-8-13-22-18(14-19)6-5-7-23(22)37-21-11-9-20(10-12-21)28(29,30)31/h5-14,17,36H,15-16H2,1-4H3,(H,32,34). The molecule has 0 saturated carbocycles. The molecule has 3 aromatic rings. The van der Waals surface area contributed by atoms with Crippen molar-refractivity contribution in [1.29, 1.82) is 0 Å². The summed E-state index contributed by atoms with van der Waals surface area (Å²) in [5.74, 6) is 0.265. The monoisotopic (exact) mass is 530 g/mol. The lowest BCUT2D eigenvalue weighted by Gasteiger charge is -2.49. The van der Waals surface area contributed by atoms with Gasteiger partial charge in [-0.15, -0.1) is 0 Å². The van der Waals surface area contributed by atoms with Gasteiger partial charge >= 0.3 is 12.3 Å². The van der Waals surface area contributed by atoms with E-state index in [1.54, 1.807) is 64.1 Å². The number of amides is 2. The van der Waals surface area contributed by atoms with Crippen LogP contribution in [0.25, 0.3) is 10.8 Å². The molecule has 1 heterocycles. The number of nitrogens with zero attached hydrogens (tertiary/aromatic N) is 1. The Hall–Kier alpha value is -3.79. The van der Waals surface area contributed by atoms with Gasteiger partial charge in [0.25, 0.3) is 5.91 Å². The molecule has 3 aromatic carbocycles. The quantitative estimate of drug-likeness (QED) is 0.439. The van der Waals surface area contributed by atoms with Gasteiger partial charge in [-0.25, -0.2) is 4.79 Å². The van der Waals surface area contributed by atoms with Crippen LogP contribution >= 0.6 is 0 Å². The Morgan fingerprint density at radius 2 is 1.68 bits per heavy atom. The Kier molecular flexibility index (Phi) is 7.05. The van der Waals surface area contributed by atoms with Gasteiger partial charge in [-0.3, -0.25) is 4.79 Å². The first-order valence-corrected chi connectivity index (χ1v) is 12.0.